The van der Waals surface area contributed by atoms with Crippen molar-refractivity contribution in [2.75, 3.05) is 45.3 Å². The topological polar surface area (TPSA) is 68.7 Å². The van der Waals surface area contributed by atoms with E-state index in [0.29, 0.717) is 40.6 Å². The maximum atomic E-state index is 6.13. The summed E-state index contributed by atoms with van der Waals surface area (Å²) >= 11 is 12.1. The second kappa shape index (κ2) is 10.4. The van der Waals surface area contributed by atoms with Crippen LogP contribution in [-0.2, 0) is 4.74 Å². The Kier molecular flexibility index (Phi) is 7.32. The molecule has 1 aliphatic heterocycles. The van der Waals surface area contributed by atoms with Gasteiger partial charge in [0, 0.05) is 36.8 Å². The van der Waals surface area contributed by atoms with Crippen molar-refractivity contribution in [3.63, 3.8) is 0 Å². The molecule has 3 aromatic rings. The number of aromatic nitrogens is 2. The van der Waals surface area contributed by atoms with Gasteiger partial charge >= 0.3 is 0 Å². The van der Waals surface area contributed by atoms with Crippen LogP contribution in [0.4, 0.5) is 11.5 Å². The summed E-state index contributed by atoms with van der Waals surface area (Å²) in [6.45, 7) is 7.42. The predicted molar refractivity (Wildman–Crippen MR) is 128 cm³/mol. The van der Waals surface area contributed by atoms with E-state index in [1.54, 1.807) is 19.2 Å². The lowest BCUT2D eigenvalue weighted by Gasteiger charge is -2.32. The monoisotopic (exact) mass is 474 g/mol. The van der Waals surface area contributed by atoms with E-state index in [1.807, 2.05) is 24.3 Å². The minimum atomic E-state index is -0.0265. The van der Waals surface area contributed by atoms with Crippen LogP contribution in [0.5, 0.6) is 11.5 Å². The molecule has 0 aliphatic carbocycles. The number of rotatable bonds is 8. The van der Waals surface area contributed by atoms with Crippen LogP contribution in [0.2, 0.25) is 10.0 Å². The first-order valence-electron chi connectivity index (χ1n) is 10.2. The Balaban J connectivity index is 1.54. The molecule has 32 heavy (non-hydrogen) atoms. The van der Waals surface area contributed by atoms with Crippen LogP contribution in [0, 0.1) is 0 Å². The van der Waals surface area contributed by atoms with Crippen LogP contribution in [0.1, 0.15) is 0 Å². The molecule has 1 atom stereocenters. The smallest absolute Gasteiger partial charge is 0.163 e. The molecule has 1 N–H and O–H groups in total. The minimum Gasteiger partial charge on any atom is -0.493 e. The van der Waals surface area contributed by atoms with E-state index in [-0.39, 0.29) is 6.10 Å². The van der Waals surface area contributed by atoms with Gasteiger partial charge < -0.3 is 19.5 Å². The van der Waals surface area contributed by atoms with Crippen LogP contribution in [0.3, 0.4) is 0 Å². The Bertz CT molecular complexity index is 1110. The average Bonchev–Trinajstić information content (AvgIpc) is 2.80. The quantitative estimate of drug-likeness (QED) is 0.462. The molecule has 1 unspecified atom stereocenters. The molecule has 0 radical (unpaired) electrons. The molecule has 1 saturated heterocycles. The van der Waals surface area contributed by atoms with Crippen molar-refractivity contribution in [2.45, 2.75) is 6.10 Å². The molecule has 0 bridgehead atoms. The van der Waals surface area contributed by atoms with Gasteiger partial charge in [-0.2, -0.15) is 0 Å². The van der Waals surface area contributed by atoms with Gasteiger partial charge in [-0.3, -0.25) is 4.90 Å². The van der Waals surface area contributed by atoms with Crippen LogP contribution >= 0.6 is 23.2 Å². The maximum Gasteiger partial charge on any atom is 0.163 e. The fourth-order valence-corrected chi connectivity index (χ4v) is 3.86. The lowest BCUT2D eigenvalue weighted by molar-refractivity contribution is -0.0448. The van der Waals surface area contributed by atoms with Crippen molar-refractivity contribution < 1.29 is 14.2 Å². The second-order valence-corrected chi connectivity index (χ2v) is 8.16. The minimum absolute atomic E-state index is 0.0265. The van der Waals surface area contributed by atoms with Gasteiger partial charge in [-0.25, -0.2) is 9.97 Å². The third-order valence-corrected chi connectivity index (χ3v) is 5.88. The summed E-state index contributed by atoms with van der Waals surface area (Å²) < 4.78 is 17.5. The first-order valence-corrected chi connectivity index (χ1v) is 11.0. The largest absolute Gasteiger partial charge is 0.493 e. The van der Waals surface area contributed by atoms with Crippen LogP contribution < -0.4 is 14.8 Å². The van der Waals surface area contributed by atoms with Crippen molar-refractivity contribution >= 4 is 45.6 Å². The van der Waals surface area contributed by atoms with E-state index in [2.05, 4.69) is 26.8 Å². The fourth-order valence-electron chi connectivity index (χ4n) is 3.56. The number of ether oxygens (including phenoxy) is 3. The van der Waals surface area contributed by atoms with Gasteiger partial charge in [-0.15, -0.1) is 6.58 Å². The lowest BCUT2D eigenvalue weighted by atomic mass is 10.2. The lowest BCUT2D eigenvalue weighted by Crippen LogP contribution is -2.44. The molecular weight excluding hydrogens is 451 g/mol. The van der Waals surface area contributed by atoms with E-state index in [0.717, 1.165) is 36.2 Å². The van der Waals surface area contributed by atoms with E-state index in [1.165, 1.54) is 6.33 Å². The summed E-state index contributed by atoms with van der Waals surface area (Å²) in [4.78, 5) is 11.1. The first-order chi connectivity index (χ1) is 15.6. The fraction of sp³-hybridized carbons (Fsp3) is 0.304. The molecule has 2 heterocycles. The van der Waals surface area contributed by atoms with Gasteiger partial charge in [0.2, 0.25) is 0 Å². The standard InChI is InChI=1S/C23H24Cl2N4O3/c1-3-6-29-7-8-31-16(12-29)13-32-22-11-20-17(10-21(22)30-2)23(27-14-26-20)28-15-4-5-18(24)19(25)9-15/h3-5,9-11,14,16H,1,6-8,12-13H2,2H3,(H,26,27,28). The number of methoxy groups -OCH3 is 1. The Labute approximate surface area is 196 Å². The second-order valence-electron chi connectivity index (χ2n) is 7.35. The molecule has 1 aromatic heterocycles. The molecule has 4 rings (SSSR count). The molecule has 0 spiro atoms. The Morgan fingerprint density at radius 1 is 1.22 bits per heavy atom. The van der Waals surface area contributed by atoms with Crippen LogP contribution in [0.25, 0.3) is 10.9 Å². The van der Waals surface area contributed by atoms with Crippen molar-refractivity contribution in [1.29, 1.82) is 0 Å². The van der Waals surface area contributed by atoms with E-state index >= 15 is 0 Å². The highest BCUT2D eigenvalue weighted by Crippen LogP contribution is 2.35. The average molecular weight is 475 g/mol. The normalized spacial score (nSPS) is 16.7. The van der Waals surface area contributed by atoms with E-state index in [9.17, 15) is 0 Å². The van der Waals surface area contributed by atoms with Crippen molar-refractivity contribution in [3.8, 4) is 11.5 Å². The summed E-state index contributed by atoms with van der Waals surface area (Å²) in [5.74, 6) is 1.81. The Morgan fingerprint density at radius 2 is 2.09 bits per heavy atom. The summed E-state index contributed by atoms with van der Waals surface area (Å²) in [5, 5.41) is 4.99. The first kappa shape index (κ1) is 22.6. The number of anilines is 2. The molecule has 1 fully saturated rings. The summed E-state index contributed by atoms with van der Waals surface area (Å²) in [6, 6.07) is 9.01. The number of morpholine rings is 1. The van der Waals surface area contributed by atoms with Gasteiger partial charge in [0.05, 0.1) is 29.3 Å². The third-order valence-electron chi connectivity index (χ3n) is 5.14. The van der Waals surface area contributed by atoms with Crippen molar-refractivity contribution in [1.82, 2.24) is 14.9 Å². The molecule has 2 aromatic carbocycles. The van der Waals surface area contributed by atoms with Gasteiger partial charge in [-0.05, 0) is 24.3 Å². The molecular formula is C23H24Cl2N4O3. The number of hydrogen-bond donors (Lipinski definition) is 1. The molecule has 168 valence electrons. The zero-order chi connectivity index (χ0) is 22.5. The van der Waals surface area contributed by atoms with E-state index in [4.69, 9.17) is 37.4 Å². The van der Waals surface area contributed by atoms with Gasteiger partial charge in [-0.1, -0.05) is 29.3 Å². The predicted octanol–water partition coefficient (Wildman–Crippen LogP) is 4.95. The highest BCUT2D eigenvalue weighted by atomic mass is 35.5. The van der Waals surface area contributed by atoms with Gasteiger partial charge in [0.15, 0.2) is 11.5 Å². The molecule has 0 saturated carbocycles. The highest BCUT2D eigenvalue weighted by molar-refractivity contribution is 6.42. The van der Waals surface area contributed by atoms with Crippen molar-refractivity contribution in [3.05, 3.63) is 59.4 Å². The Morgan fingerprint density at radius 3 is 2.88 bits per heavy atom. The Hall–Kier alpha value is -2.58. The van der Waals surface area contributed by atoms with Gasteiger partial charge in [0.25, 0.3) is 0 Å². The summed E-state index contributed by atoms with van der Waals surface area (Å²) in [6.07, 6.45) is 3.37. The number of halogens is 2. The van der Waals surface area contributed by atoms with Gasteiger partial charge in [0.1, 0.15) is 24.9 Å². The number of nitrogens with one attached hydrogen (secondary N) is 1. The number of fused-ring (bicyclic) bond motifs is 1. The third kappa shape index (κ3) is 5.24. The van der Waals surface area contributed by atoms with Crippen molar-refractivity contribution in [2.24, 2.45) is 0 Å². The molecule has 9 heteroatoms. The van der Waals surface area contributed by atoms with E-state index < -0.39 is 0 Å². The zero-order valence-electron chi connectivity index (χ0n) is 17.7. The SMILES string of the molecule is C=CCN1CCOC(COc2cc3ncnc(Nc4ccc(Cl)c(Cl)c4)c3cc2OC)C1. The summed E-state index contributed by atoms with van der Waals surface area (Å²) in [5.41, 5.74) is 1.48. The number of nitrogens with zero attached hydrogens (tertiary/aromatic N) is 3. The molecule has 0 amide bonds. The summed E-state index contributed by atoms with van der Waals surface area (Å²) in [7, 11) is 1.60. The van der Waals surface area contributed by atoms with Crippen LogP contribution in [-0.4, -0.2) is 60.9 Å². The number of hydrogen-bond acceptors (Lipinski definition) is 7. The highest BCUT2D eigenvalue weighted by Gasteiger charge is 2.21. The zero-order valence-corrected chi connectivity index (χ0v) is 19.2. The molecule has 7 nitrogen and oxygen atoms in total. The molecule has 1 aliphatic rings. The maximum absolute atomic E-state index is 6.13. The number of benzene rings is 2. The van der Waals surface area contributed by atoms with Crippen LogP contribution in [0.15, 0.2) is 49.3 Å².